The highest BCUT2D eigenvalue weighted by Crippen LogP contribution is 2.23. The Morgan fingerprint density at radius 2 is 1.92 bits per heavy atom. The van der Waals surface area contributed by atoms with Crippen molar-refractivity contribution in [1.82, 2.24) is 0 Å². The number of nitrogens with one attached hydrogen (secondary N) is 1. The summed E-state index contributed by atoms with van der Waals surface area (Å²) in [6.45, 7) is 1.01. The number of nitro groups is 1. The third kappa shape index (κ3) is 4.91. The van der Waals surface area contributed by atoms with Crippen molar-refractivity contribution in [1.29, 1.82) is 0 Å². The fourth-order valence-corrected chi connectivity index (χ4v) is 2.43. The van der Waals surface area contributed by atoms with Crippen molar-refractivity contribution >= 4 is 46.5 Å². The van der Waals surface area contributed by atoms with Crippen LogP contribution in [-0.4, -0.2) is 23.4 Å². The molecule has 0 atom stereocenters. The van der Waals surface area contributed by atoms with E-state index in [1.165, 1.54) is 36.4 Å². The van der Waals surface area contributed by atoms with E-state index < -0.39 is 23.4 Å². The maximum absolute atomic E-state index is 11.9. The Kier molecular flexibility index (Phi) is 5.95. The van der Waals surface area contributed by atoms with Gasteiger partial charge in [0.05, 0.1) is 15.5 Å². The van der Waals surface area contributed by atoms with Crippen molar-refractivity contribution in [2.75, 3.05) is 11.9 Å². The van der Waals surface area contributed by atoms with Gasteiger partial charge in [0.1, 0.15) is 0 Å². The van der Waals surface area contributed by atoms with E-state index in [4.69, 9.17) is 27.9 Å². The molecule has 0 fully saturated rings. The summed E-state index contributed by atoms with van der Waals surface area (Å²) in [6.07, 6.45) is 0. The summed E-state index contributed by atoms with van der Waals surface area (Å²) >= 11 is 11.6. The zero-order chi connectivity index (χ0) is 18.6. The van der Waals surface area contributed by atoms with Crippen LogP contribution in [0.1, 0.15) is 15.9 Å². The predicted molar refractivity (Wildman–Crippen MR) is 93.2 cm³/mol. The number of hydrogen-bond acceptors (Lipinski definition) is 5. The molecule has 25 heavy (non-hydrogen) atoms. The monoisotopic (exact) mass is 382 g/mol. The van der Waals surface area contributed by atoms with Gasteiger partial charge in [-0.2, -0.15) is 0 Å². The van der Waals surface area contributed by atoms with E-state index in [-0.39, 0.29) is 22.0 Å². The number of rotatable bonds is 5. The standard InChI is InChI=1S/C16H12Cl2N2O5/c1-9-2-4-11(7-14(9)20(23)24)19-15(21)8-25-16(22)12-5-3-10(17)6-13(12)18/h2-7H,8H2,1H3,(H,19,21). The summed E-state index contributed by atoms with van der Waals surface area (Å²) in [7, 11) is 0. The first kappa shape index (κ1) is 18.7. The number of amides is 1. The van der Waals surface area contributed by atoms with Gasteiger partial charge in [-0.1, -0.05) is 29.3 Å². The van der Waals surface area contributed by atoms with E-state index in [0.29, 0.717) is 10.6 Å². The molecule has 1 amide bonds. The minimum absolute atomic E-state index is 0.0739. The second-order valence-corrected chi connectivity index (χ2v) is 5.85. The maximum Gasteiger partial charge on any atom is 0.340 e. The number of nitrogens with zero attached hydrogens (tertiary/aromatic N) is 1. The van der Waals surface area contributed by atoms with Crippen LogP contribution in [0.4, 0.5) is 11.4 Å². The van der Waals surface area contributed by atoms with E-state index in [9.17, 15) is 19.7 Å². The largest absolute Gasteiger partial charge is 0.452 e. The Balaban J connectivity index is 1.98. The van der Waals surface area contributed by atoms with Gasteiger partial charge in [-0.25, -0.2) is 4.79 Å². The van der Waals surface area contributed by atoms with Crippen LogP contribution in [0.5, 0.6) is 0 Å². The second-order valence-electron chi connectivity index (χ2n) is 5.01. The Morgan fingerprint density at radius 1 is 1.20 bits per heavy atom. The van der Waals surface area contributed by atoms with Crippen LogP contribution in [0.3, 0.4) is 0 Å². The number of esters is 1. The molecule has 1 N–H and O–H groups in total. The third-order valence-corrected chi connectivity index (χ3v) is 3.72. The van der Waals surface area contributed by atoms with Crippen molar-refractivity contribution in [2.45, 2.75) is 6.92 Å². The van der Waals surface area contributed by atoms with E-state index in [0.717, 1.165) is 0 Å². The number of halogens is 2. The maximum atomic E-state index is 11.9. The van der Waals surface area contributed by atoms with Gasteiger partial charge in [0, 0.05) is 22.3 Å². The van der Waals surface area contributed by atoms with E-state index in [1.54, 1.807) is 6.92 Å². The molecular formula is C16H12Cl2N2O5. The molecule has 0 aliphatic heterocycles. The SMILES string of the molecule is Cc1ccc(NC(=O)COC(=O)c2ccc(Cl)cc2Cl)cc1[N+](=O)[O-]. The average Bonchev–Trinajstić information content (AvgIpc) is 2.54. The first-order chi connectivity index (χ1) is 11.8. The molecule has 0 saturated carbocycles. The average molecular weight is 383 g/mol. The number of ether oxygens (including phenoxy) is 1. The molecule has 9 heteroatoms. The fraction of sp³-hybridized carbons (Fsp3) is 0.125. The zero-order valence-corrected chi connectivity index (χ0v) is 14.4. The first-order valence-corrected chi connectivity index (χ1v) is 7.70. The van der Waals surface area contributed by atoms with Crippen LogP contribution >= 0.6 is 23.2 Å². The van der Waals surface area contributed by atoms with Crippen molar-refractivity contribution in [3.8, 4) is 0 Å². The molecule has 0 unspecified atom stereocenters. The topological polar surface area (TPSA) is 98.5 Å². The number of aryl methyl sites for hydroxylation is 1. The predicted octanol–water partition coefficient (Wildman–Crippen LogP) is 4.01. The molecular weight excluding hydrogens is 371 g/mol. The molecule has 0 aliphatic carbocycles. The molecule has 7 nitrogen and oxygen atoms in total. The first-order valence-electron chi connectivity index (χ1n) is 6.95. The summed E-state index contributed by atoms with van der Waals surface area (Å²) in [5, 5.41) is 13.8. The highest BCUT2D eigenvalue weighted by atomic mass is 35.5. The lowest BCUT2D eigenvalue weighted by Crippen LogP contribution is -2.21. The minimum atomic E-state index is -0.785. The lowest BCUT2D eigenvalue weighted by Gasteiger charge is -2.08. The molecule has 0 radical (unpaired) electrons. The summed E-state index contributed by atoms with van der Waals surface area (Å²) in [6, 6.07) is 8.48. The summed E-state index contributed by atoms with van der Waals surface area (Å²) < 4.78 is 4.87. The lowest BCUT2D eigenvalue weighted by molar-refractivity contribution is -0.385. The lowest BCUT2D eigenvalue weighted by atomic mass is 10.2. The molecule has 0 aliphatic rings. The summed E-state index contributed by atoms with van der Waals surface area (Å²) in [4.78, 5) is 34.1. The van der Waals surface area contributed by atoms with Crippen molar-refractivity contribution < 1.29 is 19.2 Å². The van der Waals surface area contributed by atoms with Gasteiger partial charge in [-0.15, -0.1) is 0 Å². The van der Waals surface area contributed by atoms with Gasteiger partial charge < -0.3 is 10.1 Å². The number of anilines is 1. The molecule has 0 heterocycles. The highest BCUT2D eigenvalue weighted by molar-refractivity contribution is 6.36. The Labute approximate surface area is 152 Å². The number of carbonyl (C=O) groups is 2. The zero-order valence-electron chi connectivity index (χ0n) is 12.9. The second kappa shape index (κ2) is 7.96. The number of carbonyl (C=O) groups excluding carboxylic acids is 2. The normalized spacial score (nSPS) is 10.2. The highest BCUT2D eigenvalue weighted by Gasteiger charge is 2.16. The van der Waals surface area contributed by atoms with Crippen molar-refractivity contribution in [2.24, 2.45) is 0 Å². The number of hydrogen-bond donors (Lipinski definition) is 1. The van der Waals surface area contributed by atoms with Crippen LogP contribution < -0.4 is 5.32 Å². The van der Waals surface area contributed by atoms with Gasteiger partial charge in [-0.3, -0.25) is 14.9 Å². The molecule has 2 rings (SSSR count). The van der Waals surface area contributed by atoms with E-state index in [2.05, 4.69) is 5.32 Å². The molecule has 0 saturated heterocycles. The molecule has 0 spiro atoms. The molecule has 2 aromatic carbocycles. The molecule has 0 bridgehead atoms. The number of benzene rings is 2. The van der Waals surface area contributed by atoms with Crippen LogP contribution in [0.15, 0.2) is 36.4 Å². The fourth-order valence-electron chi connectivity index (χ4n) is 1.94. The van der Waals surface area contributed by atoms with Crippen molar-refractivity contribution in [3.05, 3.63) is 67.7 Å². The smallest absolute Gasteiger partial charge is 0.340 e. The van der Waals surface area contributed by atoms with Crippen LogP contribution in [-0.2, 0) is 9.53 Å². The molecule has 2 aromatic rings. The Hall–Kier alpha value is -2.64. The summed E-state index contributed by atoms with van der Waals surface area (Å²) in [5.74, 6) is -1.43. The Bertz CT molecular complexity index is 854. The molecule has 130 valence electrons. The van der Waals surface area contributed by atoms with Gasteiger partial charge in [-0.05, 0) is 31.2 Å². The van der Waals surface area contributed by atoms with Gasteiger partial charge in [0.25, 0.3) is 11.6 Å². The van der Waals surface area contributed by atoms with E-state index in [1.807, 2.05) is 0 Å². The summed E-state index contributed by atoms with van der Waals surface area (Å²) in [5.41, 5.74) is 0.641. The molecule has 0 aromatic heterocycles. The van der Waals surface area contributed by atoms with Crippen LogP contribution in [0.25, 0.3) is 0 Å². The van der Waals surface area contributed by atoms with Gasteiger partial charge in [0.2, 0.25) is 0 Å². The Morgan fingerprint density at radius 3 is 2.56 bits per heavy atom. The van der Waals surface area contributed by atoms with Gasteiger partial charge in [0.15, 0.2) is 6.61 Å². The quantitative estimate of drug-likeness (QED) is 0.478. The van der Waals surface area contributed by atoms with Crippen LogP contribution in [0, 0.1) is 17.0 Å². The van der Waals surface area contributed by atoms with Crippen LogP contribution in [0.2, 0.25) is 10.0 Å². The van der Waals surface area contributed by atoms with Crippen molar-refractivity contribution in [3.63, 3.8) is 0 Å². The third-order valence-electron chi connectivity index (χ3n) is 3.17. The van der Waals surface area contributed by atoms with Gasteiger partial charge >= 0.3 is 5.97 Å². The van der Waals surface area contributed by atoms with E-state index >= 15 is 0 Å². The minimum Gasteiger partial charge on any atom is -0.452 e. The number of nitro benzene ring substituents is 1.